The van der Waals surface area contributed by atoms with E-state index in [9.17, 15) is 9.59 Å². The van der Waals surface area contributed by atoms with Gasteiger partial charge in [0.1, 0.15) is 0 Å². The van der Waals surface area contributed by atoms with Gasteiger partial charge in [0.15, 0.2) is 0 Å². The zero-order valence-corrected chi connectivity index (χ0v) is 3.66. The summed E-state index contributed by atoms with van der Waals surface area (Å²) in [6.45, 7) is 0. The highest BCUT2D eigenvalue weighted by atomic mass is 17.2. The van der Waals surface area contributed by atoms with Gasteiger partial charge in [-0.05, 0) is 0 Å². The van der Waals surface area contributed by atoms with Crippen LogP contribution < -0.4 is 5.73 Å². The van der Waals surface area contributed by atoms with Crippen LogP contribution in [0.3, 0.4) is 0 Å². The van der Waals surface area contributed by atoms with Crippen LogP contribution in [0, 0.1) is 0 Å². The van der Waals surface area contributed by atoms with E-state index in [1.807, 2.05) is 0 Å². The van der Waals surface area contributed by atoms with Crippen molar-refractivity contribution in [3.05, 3.63) is 0 Å². The zero-order valence-electron chi connectivity index (χ0n) is 3.66. The van der Waals surface area contributed by atoms with Gasteiger partial charge >= 0.3 is 12.2 Å². The quantitative estimate of drug-likeness (QED) is 0.338. The van der Waals surface area contributed by atoms with Crippen LogP contribution in [-0.2, 0) is 9.78 Å². The van der Waals surface area contributed by atoms with Crippen molar-refractivity contribution in [2.75, 3.05) is 0 Å². The first kappa shape index (κ1) is 6.54. The van der Waals surface area contributed by atoms with E-state index in [4.69, 9.17) is 5.11 Å². The Balaban J connectivity index is 3.18. The Labute approximate surface area is 43.7 Å². The Morgan fingerprint density at radius 3 is 2.00 bits per heavy atom. The number of carboxylic acid groups (broad SMARTS) is 1. The van der Waals surface area contributed by atoms with Crippen LogP contribution in [0.15, 0.2) is 0 Å². The number of hydrogen-bond acceptors (Lipinski definition) is 4. The average Bonchev–Trinajstić information content (AvgIpc) is 1.61. The lowest BCUT2D eigenvalue weighted by molar-refractivity contribution is -0.191. The van der Waals surface area contributed by atoms with E-state index in [-0.39, 0.29) is 0 Å². The fourth-order valence-corrected chi connectivity index (χ4v) is 0.0767. The van der Waals surface area contributed by atoms with Crippen LogP contribution >= 0.6 is 0 Å². The number of nitrogens with two attached hydrogens (primary N) is 1. The van der Waals surface area contributed by atoms with Crippen molar-refractivity contribution >= 4 is 12.2 Å². The first-order valence-electron chi connectivity index (χ1n) is 1.50. The molecule has 0 saturated carbocycles. The van der Waals surface area contributed by atoms with Crippen LogP contribution in [0.2, 0.25) is 0 Å². The monoisotopic (exact) mass is 121 g/mol. The van der Waals surface area contributed by atoms with Crippen LogP contribution in [-0.4, -0.2) is 17.4 Å². The van der Waals surface area contributed by atoms with Crippen LogP contribution in [0.5, 0.6) is 0 Å². The molecule has 0 saturated heterocycles. The van der Waals surface area contributed by atoms with Crippen LogP contribution in [0.1, 0.15) is 0 Å². The largest absolute Gasteiger partial charge is 0.547 e. The molecule has 0 unspecified atom stereocenters. The summed E-state index contributed by atoms with van der Waals surface area (Å²) in [4.78, 5) is 25.5. The van der Waals surface area contributed by atoms with Crippen molar-refractivity contribution in [3.8, 4) is 0 Å². The van der Waals surface area contributed by atoms with Gasteiger partial charge in [-0.25, -0.2) is 19.4 Å². The molecule has 0 aromatic heterocycles. The van der Waals surface area contributed by atoms with E-state index in [1.165, 1.54) is 0 Å². The number of hydrogen-bond donors (Lipinski definition) is 2. The molecule has 8 heavy (non-hydrogen) atoms. The van der Waals surface area contributed by atoms with Crippen molar-refractivity contribution in [1.29, 1.82) is 0 Å². The van der Waals surface area contributed by atoms with E-state index >= 15 is 0 Å². The summed E-state index contributed by atoms with van der Waals surface area (Å²) in [6.07, 6.45) is -3.02. The van der Waals surface area contributed by atoms with E-state index in [0.29, 0.717) is 0 Å². The molecule has 6 nitrogen and oxygen atoms in total. The highest BCUT2D eigenvalue weighted by Gasteiger charge is 1.99. The molecule has 0 aliphatic carbocycles. The normalized spacial score (nSPS) is 7.50. The molecule has 0 fully saturated rings. The van der Waals surface area contributed by atoms with Crippen molar-refractivity contribution in [3.63, 3.8) is 0 Å². The Morgan fingerprint density at radius 2 is 1.88 bits per heavy atom. The Bertz CT molecular complexity index is 95.0. The van der Waals surface area contributed by atoms with Crippen molar-refractivity contribution in [1.82, 2.24) is 0 Å². The summed E-state index contributed by atoms with van der Waals surface area (Å²) < 4.78 is 0. The molecule has 0 heterocycles. The van der Waals surface area contributed by atoms with Gasteiger partial charge in [0.05, 0.1) is 0 Å². The second kappa shape index (κ2) is 2.67. The summed E-state index contributed by atoms with van der Waals surface area (Å²) in [6, 6.07) is 0. The maximum atomic E-state index is 9.52. The highest BCUT2D eigenvalue weighted by molar-refractivity contribution is 5.65. The van der Waals surface area contributed by atoms with E-state index < -0.39 is 12.2 Å². The number of carbonyl (C=O) groups excluding carboxylic acids is 1. The summed E-state index contributed by atoms with van der Waals surface area (Å²) in [7, 11) is 0. The third kappa shape index (κ3) is 4.54. The number of rotatable bonds is 0. The lowest BCUT2D eigenvalue weighted by atomic mass is 11.3. The van der Waals surface area contributed by atoms with Crippen molar-refractivity contribution in [2.45, 2.75) is 0 Å². The molecular weight excluding hydrogens is 118 g/mol. The molecule has 0 spiro atoms. The second-order valence-electron chi connectivity index (χ2n) is 0.752. The molecule has 3 N–H and O–H groups in total. The smallest absolute Gasteiger partial charge is 0.447 e. The van der Waals surface area contributed by atoms with Gasteiger partial charge in [-0.3, -0.25) is 0 Å². The summed E-state index contributed by atoms with van der Waals surface area (Å²) in [5.41, 5.74) is 4.29. The molecule has 0 rings (SSSR count). The Morgan fingerprint density at radius 1 is 1.38 bits per heavy atom. The fourth-order valence-electron chi connectivity index (χ4n) is 0.0767. The van der Waals surface area contributed by atoms with Gasteiger partial charge in [-0.2, -0.15) is 0 Å². The molecule has 6 heteroatoms. The van der Waals surface area contributed by atoms with Gasteiger partial charge in [-0.1, -0.05) is 0 Å². The van der Waals surface area contributed by atoms with Gasteiger partial charge in [0.2, 0.25) is 0 Å². The Hall–Kier alpha value is -1.46. The maximum Gasteiger partial charge on any atom is 0.547 e. The van der Waals surface area contributed by atoms with Gasteiger partial charge in [0.25, 0.3) is 0 Å². The Kier molecular flexibility index (Phi) is 2.18. The lowest BCUT2D eigenvalue weighted by Gasteiger charge is -1.90. The molecule has 0 aliphatic rings. The zero-order chi connectivity index (χ0) is 6.57. The van der Waals surface area contributed by atoms with Gasteiger partial charge in [-0.15, -0.1) is 0 Å². The van der Waals surface area contributed by atoms with E-state index in [0.717, 1.165) is 0 Å². The minimum Gasteiger partial charge on any atom is -0.447 e. The highest BCUT2D eigenvalue weighted by Crippen LogP contribution is 1.76. The van der Waals surface area contributed by atoms with Crippen LogP contribution in [0.4, 0.5) is 9.59 Å². The predicted molar refractivity (Wildman–Crippen MR) is 19.8 cm³/mol. The minimum atomic E-state index is -1.72. The summed E-state index contributed by atoms with van der Waals surface area (Å²) in [5.74, 6) is 0. The average molecular weight is 121 g/mol. The third-order valence-electron chi connectivity index (χ3n) is 0.195. The van der Waals surface area contributed by atoms with Gasteiger partial charge < -0.3 is 10.8 Å². The predicted octanol–water partition coefficient (Wildman–Crippen LogP) is -0.309. The third-order valence-corrected chi connectivity index (χ3v) is 0.195. The molecule has 46 valence electrons. The second-order valence-corrected chi connectivity index (χ2v) is 0.752. The fraction of sp³-hybridized carbons (Fsp3) is 0. The lowest BCUT2D eigenvalue weighted by Crippen LogP contribution is -2.15. The number of amides is 1. The molecule has 0 bridgehead atoms. The standard InChI is InChI=1S/C2H3NO5/c3-1(4)7-8-2(5)6/h(H2,3,4)(H,5,6). The number of carbonyl (C=O) groups is 2. The summed E-state index contributed by atoms with van der Waals surface area (Å²) in [5, 5.41) is 7.61. The first-order valence-corrected chi connectivity index (χ1v) is 1.50. The molecule has 0 radical (unpaired) electrons. The molecule has 1 amide bonds. The van der Waals surface area contributed by atoms with Crippen molar-refractivity contribution in [2.24, 2.45) is 5.73 Å². The number of primary amides is 1. The molecule has 0 atom stereocenters. The minimum absolute atomic E-state index is 1.30. The maximum absolute atomic E-state index is 9.52. The van der Waals surface area contributed by atoms with E-state index in [2.05, 4.69) is 15.5 Å². The SMILES string of the molecule is NC(=O)OOC(=O)O. The summed E-state index contributed by atoms with van der Waals surface area (Å²) >= 11 is 0. The van der Waals surface area contributed by atoms with Crippen LogP contribution in [0.25, 0.3) is 0 Å². The van der Waals surface area contributed by atoms with Gasteiger partial charge in [0, 0.05) is 0 Å². The molecule has 0 aliphatic heterocycles. The van der Waals surface area contributed by atoms with E-state index in [1.54, 1.807) is 0 Å². The molecule has 0 aromatic rings. The molecular formula is C2H3NO5. The van der Waals surface area contributed by atoms with Crippen molar-refractivity contribution < 1.29 is 24.5 Å². The first-order chi connectivity index (χ1) is 3.63. The molecule has 0 aromatic carbocycles. The topological polar surface area (TPSA) is 98.9 Å².